The molecule has 0 aliphatic rings. The second-order valence-corrected chi connectivity index (χ2v) is 5.91. The van der Waals surface area contributed by atoms with Crippen LogP contribution in [-0.2, 0) is 13.0 Å². The van der Waals surface area contributed by atoms with Crippen LogP contribution in [0.2, 0.25) is 0 Å². The highest BCUT2D eigenvalue weighted by molar-refractivity contribution is 5.90. The highest BCUT2D eigenvalue weighted by Crippen LogP contribution is 2.15. The average molecular weight is 363 g/mol. The number of hydrogen-bond acceptors (Lipinski definition) is 4. The first-order chi connectivity index (χ1) is 13.2. The molecule has 0 radical (unpaired) electrons. The number of aryl methyl sites for hydroxylation is 1. The van der Waals surface area contributed by atoms with E-state index in [1.54, 1.807) is 18.5 Å². The Morgan fingerprint density at radius 2 is 1.96 bits per heavy atom. The van der Waals surface area contributed by atoms with Gasteiger partial charge in [0.1, 0.15) is 0 Å². The number of nitrogens with zero attached hydrogens (tertiary/aromatic N) is 3. The third-order valence-corrected chi connectivity index (χ3v) is 4.08. The molecule has 1 aromatic carbocycles. The van der Waals surface area contributed by atoms with Crippen molar-refractivity contribution in [2.75, 3.05) is 11.9 Å². The van der Waals surface area contributed by atoms with Crippen LogP contribution in [-0.4, -0.2) is 27.3 Å². The van der Waals surface area contributed by atoms with Crippen LogP contribution >= 0.6 is 0 Å². The van der Waals surface area contributed by atoms with E-state index in [4.69, 9.17) is 0 Å². The number of anilines is 1. The summed E-state index contributed by atoms with van der Waals surface area (Å²) in [7, 11) is 0. The molecule has 2 aromatic heterocycles. The first-order valence-electron chi connectivity index (χ1n) is 8.78. The van der Waals surface area contributed by atoms with E-state index in [0.29, 0.717) is 5.69 Å². The van der Waals surface area contributed by atoms with Crippen molar-refractivity contribution in [2.45, 2.75) is 19.9 Å². The number of amides is 2. The maximum absolute atomic E-state index is 12.1. The number of carbonyl (C=O) groups is 1. The fraction of sp³-hybridized carbons (Fsp3) is 0.200. The normalized spacial score (nSPS) is 10.4. The van der Waals surface area contributed by atoms with Crippen LogP contribution in [0.5, 0.6) is 0 Å². The van der Waals surface area contributed by atoms with Gasteiger partial charge in [-0.05, 0) is 36.2 Å². The van der Waals surface area contributed by atoms with Gasteiger partial charge in [-0.2, -0.15) is 5.10 Å². The summed E-state index contributed by atoms with van der Waals surface area (Å²) in [5, 5.41) is 9.93. The van der Waals surface area contributed by atoms with Crippen LogP contribution in [0.4, 0.5) is 10.5 Å². The van der Waals surface area contributed by atoms with E-state index < -0.39 is 0 Å². The molecular formula is C20H21N5O2. The summed E-state index contributed by atoms with van der Waals surface area (Å²) >= 11 is 0. The van der Waals surface area contributed by atoms with Gasteiger partial charge in [-0.3, -0.25) is 9.78 Å². The summed E-state index contributed by atoms with van der Waals surface area (Å²) < 4.78 is 1.34. The van der Waals surface area contributed by atoms with Crippen LogP contribution in [0.25, 0.3) is 11.3 Å². The quantitative estimate of drug-likeness (QED) is 0.705. The molecule has 0 bridgehead atoms. The molecule has 0 unspecified atom stereocenters. The molecule has 2 heterocycles. The minimum Gasteiger partial charge on any atom is -0.336 e. The lowest BCUT2D eigenvalue weighted by atomic mass is 10.1. The number of benzene rings is 1. The number of nitrogens with one attached hydrogen (secondary N) is 2. The van der Waals surface area contributed by atoms with E-state index in [9.17, 15) is 9.59 Å². The summed E-state index contributed by atoms with van der Waals surface area (Å²) in [6.45, 7) is 2.59. The topological polar surface area (TPSA) is 88.9 Å². The SMILES string of the molecule is CCc1ccccc1NC(=O)NCCn1nc(-c2cccnc2)ccc1=O. The monoisotopic (exact) mass is 363 g/mol. The Kier molecular flexibility index (Phi) is 5.94. The number of aromatic nitrogens is 3. The molecule has 0 spiro atoms. The molecule has 3 aromatic rings. The van der Waals surface area contributed by atoms with Crippen LogP contribution in [0.1, 0.15) is 12.5 Å². The number of para-hydroxylation sites is 1. The minimum atomic E-state index is -0.313. The van der Waals surface area contributed by atoms with Crippen LogP contribution in [0, 0.1) is 0 Å². The van der Waals surface area contributed by atoms with E-state index in [1.807, 2.05) is 43.3 Å². The first kappa shape index (κ1) is 18.3. The Labute approximate surface area is 157 Å². The Bertz CT molecular complexity index is 969. The van der Waals surface area contributed by atoms with Gasteiger partial charge in [-0.1, -0.05) is 25.1 Å². The van der Waals surface area contributed by atoms with Gasteiger partial charge in [0.25, 0.3) is 5.56 Å². The van der Waals surface area contributed by atoms with E-state index in [0.717, 1.165) is 23.2 Å². The highest BCUT2D eigenvalue weighted by atomic mass is 16.2. The Balaban J connectivity index is 1.60. The lowest BCUT2D eigenvalue weighted by Gasteiger charge is -2.11. The molecule has 0 atom stereocenters. The van der Waals surface area contributed by atoms with E-state index in [1.165, 1.54) is 10.7 Å². The standard InChI is InChI=1S/C20H21N5O2/c1-2-15-6-3-4-8-17(15)23-20(27)22-12-13-25-19(26)10-9-18(24-25)16-7-5-11-21-14-16/h3-11,14H,2,12-13H2,1H3,(H2,22,23,27). The van der Waals surface area contributed by atoms with Gasteiger partial charge in [0.2, 0.25) is 0 Å². The zero-order chi connectivity index (χ0) is 19.1. The average Bonchev–Trinajstić information content (AvgIpc) is 2.70. The Hall–Kier alpha value is -3.48. The van der Waals surface area contributed by atoms with E-state index in [2.05, 4.69) is 20.7 Å². The van der Waals surface area contributed by atoms with E-state index >= 15 is 0 Å². The maximum Gasteiger partial charge on any atom is 0.319 e. The summed E-state index contributed by atoms with van der Waals surface area (Å²) in [5.74, 6) is 0. The van der Waals surface area contributed by atoms with Crippen molar-refractivity contribution in [1.82, 2.24) is 20.1 Å². The largest absolute Gasteiger partial charge is 0.336 e. The van der Waals surface area contributed by atoms with Gasteiger partial charge in [0.05, 0.1) is 12.2 Å². The molecular weight excluding hydrogens is 342 g/mol. The van der Waals surface area contributed by atoms with Crippen LogP contribution < -0.4 is 16.2 Å². The maximum atomic E-state index is 12.1. The predicted octanol–water partition coefficient (Wildman–Crippen LogP) is 2.69. The van der Waals surface area contributed by atoms with Crippen molar-refractivity contribution in [3.63, 3.8) is 0 Å². The molecule has 7 heteroatoms. The van der Waals surface area contributed by atoms with Gasteiger partial charge in [0.15, 0.2) is 0 Å². The predicted molar refractivity (Wildman–Crippen MR) is 105 cm³/mol. The molecule has 27 heavy (non-hydrogen) atoms. The lowest BCUT2D eigenvalue weighted by molar-refractivity contribution is 0.251. The molecule has 0 saturated heterocycles. The summed E-state index contributed by atoms with van der Waals surface area (Å²) in [6.07, 6.45) is 4.20. The van der Waals surface area contributed by atoms with Crippen LogP contribution in [0.3, 0.4) is 0 Å². The number of urea groups is 1. The van der Waals surface area contributed by atoms with Crippen molar-refractivity contribution >= 4 is 11.7 Å². The Morgan fingerprint density at radius 3 is 2.74 bits per heavy atom. The summed E-state index contributed by atoms with van der Waals surface area (Å²) in [6, 6.07) is 14.2. The van der Waals surface area contributed by atoms with Crippen molar-refractivity contribution in [1.29, 1.82) is 0 Å². The first-order valence-corrected chi connectivity index (χ1v) is 8.78. The molecule has 0 fully saturated rings. The third kappa shape index (κ3) is 4.78. The molecule has 2 N–H and O–H groups in total. The van der Waals surface area contributed by atoms with Crippen molar-refractivity contribution in [3.05, 3.63) is 76.8 Å². The molecule has 7 nitrogen and oxygen atoms in total. The van der Waals surface area contributed by atoms with Crippen molar-refractivity contribution in [2.24, 2.45) is 0 Å². The molecule has 0 saturated carbocycles. The second-order valence-electron chi connectivity index (χ2n) is 5.91. The zero-order valence-corrected chi connectivity index (χ0v) is 15.1. The van der Waals surface area contributed by atoms with Gasteiger partial charge in [0, 0.05) is 36.3 Å². The molecule has 0 aliphatic heterocycles. The van der Waals surface area contributed by atoms with Gasteiger partial charge < -0.3 is 10.6 Å². The fourth-order valence-electron chi connectivity index (χ4n) is 2.67. The number of rotatable bonds is 6. The second kappa shape index (κ2) is 8.75. The molecule has 2 amide bonds. The third-order valence-electron chi connectivity index (χ3n) is 4.08. The fourth-order valence-corrected chi connectivity index (χ4v) is 2.67. The smallest absolute Gasteiger partial charge is 0.319 e. The zero-order valence-electron chi connectivity index (χ0n) is 15.1. The van der Waals surface area contributed by atoms with Gasteiger partial charge in [-0.25, -0.2) is 9.48 Å². The lowest BCUT2D eigenvalue weighted by Crippen LogP contribution is -2.34. The van der Waals surface area contributed by atoms with E-state index in [-0.39, 0.29) is 24.7 Å². The molecule has 138 valence electrons. The number of hydrogen-bond donors (Lipinski definition) is 2. The highest BCUT2D eigenvalue weighted by Gasteiger charge is 2.06. The Morgan fingerprint density at radius 1 is 1.11 bits per heavy atom. The van der Waals surface area contributed by atoms with Crippen LogP contribution in [0.15, 0.2) is 65.7 Å². The van der Waals surface area contributed by atoms with Crippen molar-refractivity contribution < 1.29 is 4.79 Å². The summed E-state index contributed by atoms with van der Waals surface area (Å²) in [4.78, 5) is 28.2. The summed E-state index contributed by atoms with van der Waals surface area (Å²) in [5.41, 5.74) is 3.11. The molecule has 0 aliphatic carbocycles. The van der Waals surface area contributed by atoms with Gasteiger partial charge >= 0.3 is 6.03 Å². The molecule has 3 rings (SSSR count). The van der Waals surface area contributed by atoms with Crippen molar-refractivity contribution in [3.8, 4) is 11.3 Å². The number of pyridine rings is 1. The number of carbonyl (C=O) groups excluding carboxylic acids is 1. The minimum absolute atomic E-state index is 0.221. The van der Waals surface area contributed by atoms with Gasteiger partial charge in [-0.15, -0.1) is 0 Å².